The number of thioether (sulfide) groups is 1. The molecule has 0 radical (unpaired) electrons. The van der Waals surface area contributed by atoms with Crippen LogP contribution in [0.25, 0.3) is 11.8 Å². The molecule has 1 aromatic heterocycles. The van der Waals surface area contributed by atoms with Gasteiger partial charge in [0, 0.05) is 46.9 Å². The maximum Gasteiger partial charge on any atom is 0.266 e. The second kappa shape index (κ2) is 10.7. The van der Waals surface area contributed by atoms with Crippen molar-refractivity contribution in [3.63, 3.8) is 0 Å². The van der Waals surface area contributed by atoms with Crippen LogP contribution in [0.4, 0.5) is 11.4 Å². The molecule has 2 saturated heterocycles. The smallest absolute Gasteiger partial charge is 0.266 e. The Hall–Kier alpha value is -2.77. The van der Waals surface area contributed by atoms with E-state index in [1.165, 1.54) is 36.7 Å². The summed E-state index contributed by atoms with van der Waals surface area (Å²) in [7, 11) is 0. The number of hydrogen-bond acceptors (Lipinski definition) is 4. The predicted molar refractivity (Wildman–Crippen MR) is 155 cm³/mol. The highest BCUT2D eigenvalue weighted by Crippen LogP contribution is 2.36. The van der Waals surface area contributed by atoms with Crippen molar-refractivity contribution in [2.24, 2.45) is 4.99 Å². The van der Waals surface area contributed by atoms with Gasteiger partial charge in [-0.2, -0.15) is 0 Å². The molecule has 0 spiro atoms. The molecule has 0 atom stereocenters. The average Bonchev–Trinajstić information content (AvgIpc) is 3.33. The fraction of sp³-hybridized carbons (Fsp3) is 0.310. The fourth-order valence-electron chi connectivity index (χ4n) is 4.96. The number of aromatic nitrogens is 1. The predicted octanol–water partition coefficient (Wildman–Crippen LogP) is 7.47. The van der Waals surface area contributed by atoms with Crippen molar-refractivity contribution in [2.75, 3.05) is 24.5 Å². The van der Waals surface area contributed by atoms with Gasteiger partial charge in [-0.15, -0.1) is 0 Å². The number of piperidine rings is 1. The monoisotopic (exact) mass is 562 g/mol. The molecular formula is C29H31BrN4OS. The van der Waals surface area contributed by atoms with E-state index >= 15 is 0 Å². The molecule has 2 aromatic carbocycles. The molecule has 0 saturated carbocycles. The number of rotatable bonds is 5. The van der Waals surface area contributed by atoms with Crippen molar-refractivity contribution < 1.29 is 4.79 Å². The molecule has 0 aliphatic carbocycles. The molecule has 2 fully saturated rings. The van der Waals surface area contributed by atoms with E-state index in [4.69, 9.17) is 4.99 Å². The summed E-state index contributed by atoms with van der Waals surface area (Å²) in [6.45, 7) is 9.02. The van der Waals surface area contributed by atoms with Gasteiger partial charge in [0.05, 0.1) is 10.6 Å². The van der Waals surface area contributed by atoms with E-state index < -0.39 is 0 Å². The lowest BCUT2D eigenvalue weighted by atomic mass is 10.1. The van der Waals surface area contributed by atoms with Crippen molar-refractivity contribution in [3.8, 4) is 5.69 Å². The zero-order valence-electron chi connectivity index (χ0n) is 21.0. The van der Waals surface area contributed by atoms with Gasteiger partial charge in [0.2, 0.25) is 0 Å². The summed E-state index contributed by atoms with van der Waals surface area (Å²) in [6, 6.07) is 18.8. The molecule has 2 aliphatic heterocycles. The van der Waals surface area contributed by atoms with Crippen molar-refractivity contribution in [2.45, 2.75) is 40.0 Å². The number of aliphatic imine (C=N–C) groups is 1. The number of likely N-dealkylation sites (N-methyl/N-ethyl adjacent to an activating group) is 1. The Morgan fingerprint density at radius 3 is 2.44 bits per heavy atom. The minimum atomic E-state index is 0.0124. The minimum Gasteiger partial charge on any atom is -0.372 e. The number of nitrogens with zero attached hydrogens (tertiary/aromatic N) is 4. The van der Waals surface area contributed by atoms with Crippen LogP contribution < -0.4 is 4.90 Å². The first kappa shape index (κ1) is 24.9. The van der Waals surface area contributed by atoms with Crippen LogP contribution in [0.15, 0.2) is 69.0 Å². The highest BCUT2D eigenvalue weighted by Gasteiger charge is 2.32. The van der Waals surface area contributed by atoms with E-state index in [0.29, 0.717) is 11.4 Å². The molecule has 1 amide bonds. The van der Waals surface area contributed by atoms with E-state index in [2.05, 4.69) is 81.7 Å². The number of halogens is 1. The highest BCUT2D eigenvalue weighted by atomic mass is 79.9. The highest BCUT2D eigenvalue weighted by molar-refractivity contribution is 9.10. The van der Waals surface area contributed by atoms with Gasteiger partial charge >= 0.3 is 0 Å². The van der Waals surface area contributed by atoms with Gasteiger partial charge in [-0.1, -0.05) is 22.0 Å². The topological polar surface area (TPSA) is 40.8 Å². The fourth-order valence-corrected chi connectivity index (χ4v) is 6.40. The summed E-state index contributed by atoms with van der Waals surface area (Å²) in [5, 5.41) is 0.736. The molecule has 186 valence electrons. The zero-order valence-corrected chi connectivity index (χ0v) is 23.4. The largest absolute Gasteiger partial charge is 0.372 e. The molecule has 3 aromatic rings. The third-order valence-corrected chi connectivity index (χ3v) is 8.32. The quantitative estimate of drug-likeness (QED) is 0.303. The molecule has 0 unspecified atom stereocenters. The van der Waals surface area contributed by atoms with E-state index in [0.717, 1.165) is 51.1 Å². The molecule has 5 nitrogen and oxygen atoms in total. The standard InChI is InChI=1S/C29H31BrN4OS/c1-4-33-28(35)27(18-22-17-20(2)34(21(22)3)26-10-8-9-23(30)19-26)36-29(33)31-24-11-13-25(14-12-24)32-15-6-5-7-16-32/h8-14,17-19H,4-7,15-16H2,1-3H3/b27-18-,31-29?. The van der Waals surface area contributed by atoms with Crippen LogP contribution in [0.5, 0.6) is 0 Å². The Morgan fingerprint density at radius 2 is 1.75 bits per heavy atom. The summed E-state index contributed by atoms with van der Waals surface area (Å²) in [4.78, 5) is 23.0. The van der Waals surface area contributed by atoms with Gasteiger partial charge in [0.25, 0.3) is 5.91 Å². The van der Waals surface area contributed by atoms with Gasteiger partial charge in [-0.3, -0.25) is 9.69 Å². The Morgan fingerprint density at radius 1 is 1.00 bits per heavy atom. The molecule has 3 heterocycles. The first-order chi connectivity index (χ1) is 17.4. The number of amidine groups is 1. The van der Waals surface area contributed by atoms with E-state index in [-0.39, 0.29) is 5.91 Å². The zero-order chi connectivity index (χ0) is 25.2. The van der Waals surface area contributed by atoms with Gasteiger partial charge in [0.15, 0.2) is 5.17 Å². The van der Waals surface area contributed by atoms with Gasteiger partial charge in [-0.25, -0.2) is 4.99 Å². The van der Waals surface area contributed by atoms with Gasteiger partial charge < -0.3 is 9.47 Å². The van der Waals surface area contributed by atoms with Crippen molar-refractivity contribution in [1.82, 2.24) is 9.47 Å². The van der Waals surface area contributed by atoms with E-state index in [1.807, 2.05) is 25.1 Å². The van der Waals surface area contributed by atoms with Crippen LogP contribution in [-0.2, 0) is 4.79 Å². The lowest BCUT2D eigenvalue weighted by Crippen LogP contribution is -2.29. The second-order valence-corrected chi connectivity index (χ2v) is 11.2. The van der Waals surface area contributed by atoms with Crippen molar-refractivity contribution >= 4 is 56.2 Å². The Balaban J connectivity index is 1.41. The molecule has 2 aliphatic rings. The van der Waals surface area contributed by atoms with Crippen molar-refractivity contribution in [3.05, 3.63) is 80.9 Å². The van der Waals surface area contributed by atoms with Gasteiger partial charge in [-0.05, 0) is 112 Å². The molecular weight excluding hydrogens is 532 g/mol. The first-order valence-electron chi connectivity index (χ1n) is 12.5. The lowest BCUT2D eigenvalue weighted by Gasteiger charge is -2.28. The summed E-state index contributed by atoms with van der Waals surface area (Å²) >= 11 is 5.03. The normalized spacial score (nSPS) is 18.6. The van der Waals surface area contributed by atoms with Gasteiger partial charge in [0.1, 0.15) is 0 Å². The molecule has 0 bridgehead atoms. The second-order valence-electron chi connectivity index (χ2n) is 9.26. The maximum atomic E-state index is 13.3. The van der Waals surface area contributed by atoms with Crippen LogP contribution in [0.2, 0.25) is 0 Å². The summed E-state index contributed by atoms with van der Waals surface area (Å²) < 4.78 is 3.26. The van der Waals surface area contributed by atoms with Crippen LogP contribution >= 0.6 is 27.7 Å². The van der Waals surface area contributed by atoms with E-state index in [9.17, 15) is 4.79 Å². The number of carbonyl (C=O) groups is 1. The van der Waals surface area contributed by atoms with E-state index in [1.54, 1.807) is 4.90 Å². The molecule has 5 rings (SSSR count). The van der Waals surface area contributed by atoms with Crippen LogP contribution in [0.1, 0.15) is 43.1 Å². The number of hydrogen-bond donors (Lipinski definition) is 0. The lowest BCUT2D eigenvalue weighted by molar-refractivity contribution is -0.122. The number of benzene rings is 2. The number of carbonyl (C=O) groups excluding carboxylic acids is 1. The molecule has 0 N–H and O–H groups in total. The Labute approximate surface area is 226 Å². The summed E-state index contributed by atoms with van der Waals surface area (Å²) in [5.41, 5.74) is 6.50. The van der Waals surface area contributed by atoms with Crippen LogP contribution in [-0.4, -0.2) is 40.2 Å². The summed E-state index contributed by atoms with van der Waals surface area (Å²) in [6.07, 6.45) is 5.85. The van der Waals surface area contributed by atoms with Crippen LogP contribution in [0.3, 0.4) is 0 Å². The number of aryl methyl sites for hydroxylation is 1. The summed E-state index contributed by atoms with van der Waals surface area (Å²) in [5.74, 6) is 0.0124. The maximum absolute atomic E-state index is 13.3. The molecule has 7 heteroatoms. The minimum absolute atomic E-state index is 0.0124. The molecule has 36 heavy (non-hydrogen) atoms. The Kier molecular flexibility index (Phi) is 7.39. The Bertz CT molecular complexity index is 1340. The average molecular weight is 564 g/mol. The first-order valence-corrected chi connectivity index (χ1v) is 14.2. The van der Waals surface area contributed by atoms with Crippen molar-refractivity contribution in [1.29, 1.82) is 0 Å². The third kappa shape index (κ3) is 5.04. The number of amides is 1. The van der Waals surface area contributed by atoms with Crippen LogP contribution in [0, 0.1) is 13.8 Å². The third-order valence-electron chi connectivity index (χ3n) is 6.82. The SMILES string of the molecule is CCN1C(=O)/C(=C/c2cc(C)n(-c3cccc(Br)c3)c2C)SC1=Nc1ccc(N2CCCCC2)cc1. The number of anilines is 1.